The Labute approximate surface area is 166 Å². The molecule has 6 nitrogen and oxygen atoms in total. The van der Waals surface area contributed by atoms with Crippen molar-refractivity contribution in [2.75, 3.05) is 5.75 Å². The molecule has 0 unspecified atom stereocenters. The maximum Gasteiger partial charge on any atom is 0.286 e. The zero-order valence-electron chi connectivity index (χ0n) is 17.0. The summed E-state index contributed by atoms with van der Waals surface area (Å²) >= 11 is 1.45. The molecule has 1 fully saturated rings. The summed E-state index contributed by atoms with van der Waals surface area (Å²) in [6, 6.07) is -0.607. The van der Waals surface area contributed by atoms with Crippen LogP contribution in [0.2, 0.25) is 0 Å². The molecule has 1 aromatic heterocycles. The van der Waals surface area contributed by atoms with E-state index in [0.29, 0.717) is 17.6 Å². The number of rotatable bonds is 9. The normalized spacial score (nSPS) is 17.1. The number of Topliss-reactive ketones (excluding diaryl/α,β-unsaturated/α-hetero) is 1. The van der Waals surface area contributed by atoms with Crippen LogP contribution in [0.1, 0.15) is 83.3 Å². The Bertz CT molecular complexity index is 607. The molecule has 0 aliphatic heterocycles. The van der Waals surface area contributed by atoms with Crippen molar-refractivity contribution in [1.82, 2.24) is 15.5 Å². The van der Waals surface area contributed by atoms with Crippen LogP contribution >= 0.6 is 11.8 Å². The van der Waals surface area contributed by atoms with Gasteiger partial charge in [-0.05, 0) is 31.1 Å². The first kappa shape index (κ1) is 21.9. The molecule has 27 heavy (non-hydrogen) atoms. The van der Waals surface area contributed by atoms with E-state index in [2.05, 4.69) is 29.4 Å². The second-order valence-corrected chi connectivity index (χ2v) is 9.29. The molecule has 1 amide bonds. The van der Waals surface area contributed by atoms with Crippen molar-refractivity contribution in [2.24, 2.45) is 17.8 Å². The van der Waals surface area contributed by atoms with Gasteiger partial charge in [0.2, 0.25) is 11.7 Å². The lowest BCUT2D eigenvalue weighted by atomic mass is 9.96. The quantitative estimate of drug-likeness (QED) is 0.376. The minimum absolute atomic E-state index is 0.00641. The number of nitrogens with one attached hydrogen (secondary N) is 1. The Balaban J connectivity index is 2.03. The molecule has 152 valence electrons. The van der Waals surface area contributed by atoms with E-state index in [1.165, 1.54) is 24.6 Å². The van der Waals surface area contributed by atoms with Gasteiger partial charge in [-0.3, -0.25) is 9.59 Å². The van der Waals surface area contributed by atoms with Gasteiger partial charge < -0.3 is 9.73 Å². The highest BCUT2D eigenvalue weighted by Gasteiger charge is 2.30. The molecule has 2 rings (SSSR count). The number of thioether (sulfide) groups is 1. The lowest BCUT2D eigenvalue weighted by Gasteiger charge is -2.21. The van der Waals surface area contributed by atoms with E-state index in [9.17, 15) is 9.59 Å². The minimum atomic E-state index is -0.607. The van der Waals surface area contributed by atoms with E-state index in [0.717, 1.165) is 31.4 Å². The van der Waals surface area contributed by atoms with Crippen LogP contribution in [0.25, 0.3) is 0 Å². The van der Waals surface area contributed by atoms with Gasteiger partial charge in [0.25, 0.3) is 11.1 Å². The lowest BCUT2D eigenvalue weighted by Crippen LogP contribution is -2.44. The summed E-state index contributed by atoms with van der Waals surface area (Å²) in [5, 5.41) is 11.3. The highest BCUT2D eigenvalue weighted by molar-refractivity contribution is 7.99. The number of nitrogens with zero attached hydrogens (tertiary/aromatic N) is 2. The van der Waals surface area contributed by atoms with Crippen molar-refractivity contribution in [2.45, 2.75) is 83.9 Å². The second kappa shape index (κ2) is 10.8. The standard InChI is InChI=1S/C20H33N3O3S/c1-13(2)11-16(21-18(25)15-9-7-5-6-8-10-15)17(24)19-22-23-20(26-19)27-12-14(3)4/h13-16H,5-12H2,1-4H3,(H,21,25)/t16-/m0/s1. The minimum Gasteiger partial charge on any atom is -0.408 e. The van der Waals surface area contributed by atoms with Crippen molar-refractivity contribution in [3.05, 3.63) is 5.89 Å². The summed E-state index contributed by atoms with van der Waals surface area (Å²) in [7, 11) is 0. The Kier molecular flexibility index (Phi) is 8.80. The molecule has 1 aliphatic rings. The number of hydrogen-bond donors (Lipinski definition) is 1. The summed E-state index contributed by atoms with van der Waals surface area (Å²) in [5.41, 5.74) is 0. The summed E-state index contributed by atoms with van der Waals surface area (Å²) in [6.45, 7) is 8.29. The van der Waals surface area contributed by atoms with Crippen molar-refractivity contribution >= 4 is 23.5 Å². The van der Waals surface area contributed by atoms with Gasteiger partial charge >= 0.3 is 0 Å². The van der Waals surface area contributed by atoms with Gasteiger partial charge in [0.1, 0.15) is 0 Å². The molecule has 1 aliphatic carbocycles. The van der Waals surface area contributed by atoms with Crippen molar-refractivity contribution in [3.63, 3.8) is 0 Å². The van der Waals surface area contributed by atoms with E-state index in [1.54, 1.807) is 0 Å². The smallest absolute Gasteiger partial charge is 0.286 e. The second-order valence-electron chi connectivity index (χ2n) is 8.32. The topological polar surface area (TPSA) is 85.1 Å². The monoisotopic (exact) mass is 395 g/mol. The average molecular weight is 396 g/mol. The number of ketones is 1. The van der Waals surface area contributed by atoms with Crippen LogP contribution in [0.5, 0.6) is 0 Å². The maximum atomic E-state index is 12.9. The van der Waals surface area contributed by atoms with Gasteiger partial charge in [-0.1, -0.05) is 65.1 Å². The SMILES string of the molecule is CC(C)CSc1nnc(C(=O)[C@H](CC(C)C)NC(=O)C2CCCCCC2)o1. The largest absolute Gasteiger partial charge is 0.408 e. The molecule has 0 spiro atoms. The van der Waals surface area contributed by atoms with Crippen LogP contribution in [-0.4, -0.2) is 33.7 Å². The third kappa shape index (κ3) is 7.28. The van der Waals surface area contributed by atoms with Gasteiger partial charge in [-0.15, -0.1) is 10.2 Å². The van der Waals surface area contributed by atoms with Crippen LogP contribution in [0.15, 0.2) is 9.64 Å². The van der Waals surface area contributed by atoms with E-state index in [4.69, 9.17) is 4.42 Å². The Morgan fingerprint density at radius 2 is 1.74 bits per heavy atom. The van der Waals surface area contributed by atoms with Gasteiger partial charge in [-0.25, -0.2) is 0 Å². The van der Waals surface area contributed by atoms with Crippen molar-refractivity contribution in [1.29, 1.82) is 0 Å². The number of amides is 1. The molecule has 1 saturated carbocycles. The summed E-state index contributed by atoms with van der Waals surface area (Å²) in [6.07, 6.45) is 6.93. The van der Waals surface area contributed by atoms with Gasteiger partial charge in [0.05, 0.1) is 6.04 Å². The molecule has 1 atom stereocenters. The van der Waals surface area contributed by atoms with Crippen LogP contribution in [0.3, 0.4) is 0 Å². The van der Waals surface area contributed by atoms with Gasteiger partial charge in [0, 0.05) is 11.7 Å². The summed E-state index contributed by atoms with van der Waals surface area (Å²) in [5.74, 6) is 1.32. The maximum absolute atomic E-state index is 12.9. The van der Waals surface area contributed by atoms with E-state index in [-0.39, 0.29) is 29.4 Å². The fourth-order valence-electron chi connectivity index (χ4n) is 3.29. The number of carbonyl (C=O) groups is 2. The average Bonchev–Trinajstić information content (AvgIpc) is 2.91. The van der Waals surface area contributed by atoms with E-state index >= 15 is 0 Å². The molecule has 1 N–H and O–H groups in total. The molecule has 1 aromatic rings. The molecule has 0 aromatic carbocycles. The lowest BCUT2D eigenvalue weighted by molar-refractivity contribution is -0.126. The molecule has 0 saturated heterocycles. The van der Waals surface area contributed by atoms with Crippen molar-refractivity contribution in [3.8, 4) is 0 Å². The number of hydrogen-bond acceptors (Lipinski definition) is 6. The third-order valence-corrected chi connectivity index (χ3v) is 5.97. The van der Waals surface area contributed by atoms with E-state index < -0.39 is 6.04 Å². The van der Waals surface area contributed by atoms with Crippen LogP contribution in [-0.2, 0) is 4.79 Å². The Morgan fingerprint density at radius 3 is 2.33 bits per heavy atom. The predicted molar refractivity (Wildman–Crippen MR) is 107 cm³/mol. The number of aromatic nitrogens is 2. The predicted octanol–water partition coefficient (Wildman–Crippen LogP) is 4.50. The van der Waals surface area contributed by atoms with Crippen molar-refractivity contribution < 1.29 is 14.0 Å². The highest BCUT2D eigenvalue weighted by Crippen LogP contribution is 2.24. The van der Waals surface area contributed by atoms with Crippen LogP contribution in [0.4, 0.5) is 0 Å². The molecule has 7 heteroatoms. The zero-order valence-corrected chi connectivity index (χ0v) is 17.8. The third-order valence-electron chi connectivity index (χ3n) is 4.72. The Morgan fingerprint density at radius 1 is 1.07 bits per heavy atom. The summed E-state index contributed by atoms with van der Waals surface area (Å²) in [4.78, 5) is 25.6. The fourth-order valence-corrected chi connectivity index (χ4v) is 4.00. The zero-order chi connectivity index (χ0) is 19.8. The van der Waals surface area contributed by atoms with Gasteiger partial charge in [-0.2, -0.15) is 0 Å². The first-order chi connectivity index (χ1) is 12.9. The Hall–Kier alpha value is -1.37. The van der Waals surface area contributed by atoms with Crippen LogP contribution < -0.4 is 5.32 Å². The highest BCUT2D eigenvalue weighted by atomic mass is 32.2. The molecular weight excluding hydrogens is 362 g/mol. The molecular formula is C20H33N3O3S. The first-order valence-corrected chi connectivity index (χ1v) is 11.2. The molecule has 1 heterocycles. The summed E-state index contributed by atoms with van der Waals surface area (Å²) < 4.78 is 5.55. The van der Waals surface area contributed by atoms with E-state index in [1.807, 2.05) is 13.8 Å². The molecule has 0 bridgehead atoms. The van der Waals surface area contributed by atoms with Gasteiger partial charge in [0.15, 0.2) is 0 Å². The van der Waals surface area contributed by atoms with Crippen LogP contribution in [0, 0.1) is 17.8 Å². The first-order valence-electron chi connectivity index (χ1n) is 10.2. The number of carbonyl (C=O) groups excluding carboxylic acids is 2. The fraction of sp³-hybridized carbons (Fsp3) is 0.800. The molecule has 0 radical (unpaired) electrons.